The van der Waals surface area contributed by atoms with Crippen LogP contribution in [0.3, 0.4) is 0 Å². The molecule has 4 aromatic carbocycles. The van der Waals surface area contributed by atoms with E-state index in [9.17, 15) is 17.3 Å². The molecule has 47 heavy (non-hydrogen) atoms. The van der Waals surface area contributed by atoms with Crippen molar-refractivity contribution in [3.8, 4) is 0 Å². The van der Waals surface area contributed by atoms with Crippen LogP contribution < -0.4 is 26.3 Å². The Kier molecular flexibility index (Phi) is 27.3. The first-order valence-electron chi connectivity index (χ1n) is 13.2. The van der Waals surface area contributed by atoms with E-state index >= 15 is 0 Å². The molecule has 0 amide bonds. The van der Waals surface area contributed by atoms with Crippen molar-refractivity contribution in [2.45, 2.75) is 12.3 Å². The van der Waals surface area contributed by atoms with Gasteiger partial charge in [0.2, 0.25) is 0 Å². The molecule has 1 aromatic heterocycles. The Balaban J connectivity index is 0. The van der Waals surface area contributed by atoms with Crippen molar-refractivity contribution >= 4 is 44.3 Å². The van der Waals surface area contributed by atoms with Gasteiger partial charge in [-0.2, -0.15) is 0 Å². The Morgan fingerprint density at radius 2 is 0.872 bits per heavy atom. The van der Waals surface area contributed by atoms with Crippen LogP contribution in [-0.4, -0.2) is 12.4 Å². The van der Waals surface area contributed by atoms with Gasteiger partial charge in [0.05, 0.1) is 0 Å². The molecule has 1 heterocycles. The van der Waals surface area contributed by atoms with E-state index in [0.717, 1.165) is 23.7 Å². The Labute approximate surface area is 304 Å². The molecule has 0 saturated carbocycles. The molecule has 5 rings (SSSR count). The van der Waals surface area contributed by atoms with Crippen molar-refractivity contribution in [2.75, 3.05) is 0 Å². The molecule has 0 bridgehead atoms. The van der Waals surface area contributed by atoms with Gasteiger partial charge < -0.3 is 27.5 Å². The zero-order chi connectivity index (χ0) is 33.5. The molecule has 0 unspecified atom stereocenters. The standard InChI is InChI=1S/C29H25N2P2.C3H5.2CO.BF4.Ir.Pd/c1-5-13-26(14-6-1)32(27-15-7-2-8-16-27)22-24-21-25(31-30-24)23-33(28-17-9-3-10-18-28)29-19-11-4-12-20-29;1-3-2;2*1-2;2-1(3,4)5;;/h1-21H,22-23H2;3H,1-2H2;;;;;/q-1;;;;-1;;+2. The van der Waals surface area contributed by atoms with Crippen LogP contribution in [0.1, 0.15) is 11.4 Å². The summed E-state index contributed by atoms with van der Waals surface area (Å²) in [6.07, 6.45) is 3.32. The molecule has 0 N–H and O–H groups in total. The third-order valence-corrected chi connectivity index (χ3v) is 10.5. The first-order valence-corrected chi connectivity index (χ1v) is 16.3. The molecule has 0 saturated heterocycles. The van der Waals surface area contributed by atoms with E-state index in [1.807, 2.05) is 0 Å². The van der Waals surface area contributed by atoms with Crippen molar-refractivity contribution in [3.63, 3.8) is 0 Å². The first kappa shape index (κ1) is 46.6. The van der Waals surface area contributed by atoms with Gasteiger partial charge >= 0.3 is 50.3 Å². The molecule has 0 atom stereocenters. The predicted molar refractivity (Wildman–Crippen MR) is 176 cm³/mol. The van der Waals surface area contributed by atoms with Gasteiger partial charge in [-0.3, -0.25) is 0 Å². The van der Waals surface area contributed by atoms with Crippen LogP contribution in [0.15, 0.2) is 127 Å². The number of rotatable bonds is 8. The fourth-order valence-corrected chi connectivity index (χ4v) is 8.36. The van der Waals surface area contributed by atoms with Gasteiger partial charge in [-0.15, -0.1) is 5.69 Å². The Hall–Kier alpha value is -2.47. The average molecular weight is 946 g/mol. The molecular weight excluding hydrogens is 916 g/mol. The summed E-state index contributed by atoms with van der Waals surface area (Å²) in [6, 6.07) is 45.5. The normalized spacial score (nSPS) is 9.62. The predicted octanol–water partition coefficient (Wildman–Crippen LogP) is 7.38. The minimum Gasteiger partial charge on any atom is -0.578 e. The van der Waals surface area contributed by atoms with Crippen molar-refractivity contribution in [1.82, 2.24) is 10.2 Å². The smallest absolute Gasteiger partial charge is 0.578 e. The van der Waals surface area contributed by atoms with E-state index in [2.05, 4.69) is 165 Å². The van der Waals surface area contributed by atoms with Gasteiger partial charge in [0.25, 0.3) is 0 Å². The minimum atomic E-state index is -6.00. The third kappa shape index (κ3) is 19.2. The summed E-state index contributed by atoms with van der Waals surface area (Å²) in [5.41, 5.74) is 2.17. The molecule has 0 aliphatic carbocycles. The van der Waals surface area contributed by atoms with Gasteiger partial charge in [0, 0.05) is 32.0 Å². The summed E-state index contributed by atoms with van der Waals surface area (Å²) >= 11 is 0. The molecule has 0 fully saturated rings. The summed E-state index contributed by atoms with van der Waals surface area (Å²) in [7, 11) is -7.04. The molecule has 0 aliphatic rings. The number of halogens is 4. The van der Waals surface area contributed by atoms with E-state index in [4.69, 9.17) is 9.30 Å². The third-order valence-electron chi connectivity index (χ3n) is 5.55. The zero-order valence-corrected chi connectivity index (χ0v) is 30.6. The second-order valence-electron chi connectivity index (χ2n) is 8.63. The fourth-order valence-electron chi connectivity index (χ4n) is 3.95. The molecule has 0 aliphatic heterocycles. The molecule has 0 spiro atoms. The van der Waals surface area contributed by atoms with Gasteiger partial charge in [0.15, 0.2) is 0 Å². The second kappa shape index (κ2) is 27.5. The van der Waals surface area contributed by atoms with Crippen molar-refractivity contribution in [2.24, 2.45) is 0 Å². The van der Waals surface area contributed by atoms with Crippen LogP contribution in [0.25, 0.3) is 0 Å². The van der Waals surface area contributed by atoms with Crippen LogP contribution in [0, 0.1) is 33.6 Å². The summed E-state index contributed by atoms with van der Waals surface area (Å²) in [6.45, 7) is 15.5. The van der Waals surface area contributed by atoms with Gasteiger partial charge in [-0.25, -0.2) is 0 Å². The average Bonchev–Trinajstić information content (AvgIpc) is 3.53. The number of hydrogen-bond donors (Lipinski definition) is 0. The number of hydrogen-bond acceptors (Lipinski definition) is 1. The molecule has 4 radical (unpaired) electrons. The molecule has 5 aromatic rings. The van der Waals surface area contributed by atoms with E-state index in [1.54, 1.807) is 0 Å². The van der Waals surface area contributed by atoms with Gasteiger partial charge in [-0.05, 0) is 63.5 Å². The maximum atomic E-state index is 9.75. The van der Waals surface area contributed by atoms with Gasteiger partial charge in [0.1, 0.15) is 0 Å². The summed E-state index contributed by atoms with van der Waals surface area (Å²) in [5.74, 6) is 0. The quantitative estimate of drug-likeness (QED) is 0.0537. The van der Waals surface area contributed by atoms with E-state index in [-0.39, 0.29) is 40.5 Å². The number of nitrogens with zero attached hydrogens (tertiary/aromatic N) is 2. The van der Waals surface area contributed by atoms with Crippen molar-refractivity contribution in [1.29, 1.82) is 0 Å². The van der Waals surface area contributed by atoms with Crippen LogP contribution in [0.4, 0.5) is 17.3 Å². The van der Waals surface area contributed by atoms with Crippen molar-refractivity contribution < 1.29 is 67.1 Å². The van der Waals surface area contributed by atoms with E-state index in [1.165, 1.54) is 27.6 Å². The molecule has 4 nitrogen and oxygen atoms in total. The summed E-state index contributed by atoms with van der Waals surface area (Å²) < 4.78 is 54.0. The largest absolute Gasteiger partial charge is 2.00 e. The topological polar surface area (TPSA) is 66.8 Å². The fraction of sp³-hybridized carbons (Fsp3) is 0.0588. The van der Waals surface area contributed by atoms with E-state index < -0.39 is 23.1 Å². The molecule has 248 valence electrons. The summed E-state index contributed by atoms with van der Waals surface area (Å²) in [5, 5.41) is 14.7. The SMILES string of the molecule is F[B-](F)(F)F.[C-]#[O+].[C-]#[O+].[CH2][CH][CH2].[Ir].[Pd+2].c1ccc(P(Cc2cc(CP(c3ccccc3)c3ccccc3)[n-]n2)c2ccccc2)cc1. The Morgan fingerprint density at radius 1 is 0.617 bits per heavy atom. The minimum absolute atomic E-state index is 0. The molecular formula is C34H30BF4IrN2O2P2Pd. The van der Waals surface area contributed by atoms with Crippen LogP contribution in [-0.2, 0) is 62.2 Å². The number of benzene rings is 4. The van der Waals surface area contributed by atoms with Crippen LogP contribution in [0.5, 0.6) is 0 Å². The Morgan fingerprint density at radius 3 is 1.15 bits per heavy atom. The maximum absolute atomic E-state index is 9.75. The maximum Gasteiger partial charge on any atom is 2.00 e. The second-order valence-corrected chi connectivity index (χ2v) is 13.0. The number of aromatic nitrogens is 2. The zero-order valence-electron chi connectivity index (χ0n) is 24.9. The van der Waals surface area contributed by atoms with E-state index in [0.29, 0.717) is 0 Å². The summed E-state index contributed by atoms with van der Waals surface area (Å²) in [4.78, 5) is 0. The Bertz CT molecular complexity index is 1310. The van der Waals surface area contributed by atoms with Crippen LogP contribution in [0.2, 0.25) is 0 Å². The first-order chi connectivity index (χ1) is 21.8. The van der Waals surface area contributed by atoms with Crippen molar-refractivity contribution in [3.05, 3.63) is 172 Å². The monoisotopic (exact) mass is 946 g/mol. The molecule has 13 heteroatoms. The van der Waals surface area contributed by atoms with Crippen LogP contribution >= 0.6 is 15.8 Å². The van der Waals surface area contributed by atoms with Gasteiger partial charge in [-0.1, -0.05) is 127 Å².